The highest BCUT2D eigenvalue weighted by Crippen LogP contribution is 2.40. The Kier molecular flexibility index (Phi) is 6.78. The molecule has 2 radical (unpaired) electrons. The Morgan fingerprint density at radius 3 is 2.65 bits per heavy atom. The Morgan fingerprint density at radius 1 is 1.16 bits per heavy atom. The summed E-state index contributed by atoms with van der Waals surface area (Å²) in [7, 11) is 3.45. The summed E-state index contributed by atoms with van der Waals surface area (Å²) in [4.78, 5) is 6.28. The van der Waals surface area contributed by atoms with Crippen LogP contribution in [0.25, 0.3) is 0 Å². The number of sulfonamides is 1. The summed E-state index contributed by atoms with van der Waals surface area (Å²) in [6.07, 6.45) is 1.57. The molecule has 2 heterocycles. The second-order valence-electron chi connectivity index (χ2n) is 8.19. The van der Waals surface area contributed by atoms with E-state index in [1.54, 1.807) is 61.2 Å². The minimum Gasteiger partial charge on any atom is -0.497 e. The Morgan fingerprint density at radius 2 is 1.95 bits per heavy atom. The Hall–Kier alpha value is -4.01. The average Bonchev–Trinajstić information content (AvgIpc) is 3.46. The molecule has 8 nitrogen and oxygen atoms in total. The lowest BCUT2D eigenvalue weighted by Crippen LogP contribution is -2.32. The number of hydrogen-bond acceptors (Lipinski definition) is 8. The number of aromatic nitrogens is 1. The lowest BCUT2D eigenvalue weighted by atomic mass is 9.93. The first-order chi connectivity index (χ1) is 17.9. The van der Waals surface area contributed by atoms with Crippen LogP contribution < -0.4 is 24.1 Å². The molecular weight excluding hydrogens is 507 g/mol. The van der Waals surface area contributed by atoms with E-state index >= 15 is 0 Å². The van der Waals surface area contributed by atoms with Gasteiger partial charge in [-0.05, 0) is 42.0 Å². The van der Waals surface area contributed by atoms with Gasteiger partial charge in [-0.15, -0.1) is 11.3 Å². The van der Waals surface area contributed by atoms with Gasteiger partial charge in [-0.1, -0.05) is 23.7 Å². The predicted octanol–water partition coefficient (Wildman–Crippen LogP) is 3.74. The molecule has 1 aliphatic heterocycles. The predicted molar refractivity (Wildman–Crippen MR) is 144 cm³/mol. The third-order valence-corrected chi connectivity index (χ3v) is 8.57. The summed E-state index contributed by atoms with van der Waals surface area (Å²) in [5.74, 6) is 1.10. The molecule has 0 atom stereocenters. The first-order valence-corrected chi connectivity index (χ1v) is 13.6. The van der Waals surface area contributed by atoms with E-state index in [1.807, 2.05) is 17.0 Å². The molecule has 0 saturated heterocycles. The smallest absolute Gasteiger partial charge is 0.266 e. The molecule has 1 aliphatic rings. The summed E-state index contributed by atoms with van der Waals surface area (Å²) < 4.78 is 40.1. The van der Waals surface area contributed by atoms with Crippen molar-refractivity contribution in [3.05, 3.63) is 83.4 Å². The number of ether oxygens (including phenoxy) is 2. The highest BCUT2D eigenvalue weighted by molar-refractivity contribution is 7.93. The molecule has 5 rings (SSSR count). The maximum Gasteiger partial charge on any atom is 0.266 e. The molecule has 0 unspecified atom stereocenters. The zero-order valence-electron chi connectivity index (χ0n) is 19.9. The van der Waals surface area contributed by atoms with Crippen molar-refractivity contribution in [1.29, 1.82) is 5.26 Å². The topological polar surface area (TPSA) is 95.8 Å². The first-order valence-electron chi connectivity index (χ1n) is 11.3. The fourth-order valence-corrected chi connectivity index (χ4v) is 6.40. The van der Waals surface area contributed by atoms with Crippen molar-refractivity contribution in [2.75, 3.05) is 29.5 Å². The minimum absolute atomic E-state index is 0.0784. The summed E-state index contributed by atoms with van der Waals surface area (Å²) in [5, 5.41) is 11.7. The quantitative estimate of drug-likeness (QED) is 0.337. The second-order valence-corrected chi connectivity index (χ2v) is 10.9. The summed E-state index contributed by atoms with van der Waals surface area (Å²) >= 11 is 1.24. The van der Waals surface area contributed by atoms with Crippen molar-refractivity contribution in [2.24, 2.45) is 0 Å². The molecular formula is C26H21BN4O4S2. The van der Waals surface area contributed by atoms with Crippen LogP contribution in [0, 0.1) is 11.3 Å². The molecule has 0 saturated carbocycles. The Bertz CT molecular complexity index is 1570. The van der Waals surface area contributed by atoms with Crippen LogP contribution in [-0.4, -0.2) is 41.5 Å². The number of thiazole rings is 1. The Balaban J connectivity index is 1.52. The number of nitriles is 1. The Labute approximate surface area is 220 Å². The van der Waals surface area contributed by atoms with Gasteiger partial charge in [0.25, 0.3) is 10.0 Å². The molecule has 0 aliphatic carbocycles. The molecule has 184 valence electrons. The lowest BCUT2D eigenvalue weighted by molar-refractivity contribution is 0.313. The molecule has 0 bridgehead atoms. The van der Waals surface area contributed by atoms with Gasteiger partial charge >= 0.3 is 0 Å². The van der Waals surface area contributed by atoms with Crippen molar-refractivity contribution >= 4 is 51.2 Å². The van der Waals surface area contributed by atoms with Crippen molar-refractivity contribution in [2.45, 2.75) is 11.4 Å². The summed E-state index contributed by atoms with van der Waals surface area (Å²) in [6.45, 7) is 0.926. The van der Waals surface area contributed by atoms with Crippen LogP contribution in [-0.2, 0) is 16.6 Å². The van der Waals surface area contributed by atoms with Gasteiger partial charge in [0.2, 0.25) is 0 Å². The highest BCUT2D eigenvalue weighted by Gasteiger charge is 2.30. The monoisotopic (exact) mass is 528 g/mol. The number of rotatable bonds is 7. The van der Waals surface area contributed by atoms with E-state index < -0.39 is 10.0 Å². The van der Waals surface area contributed by atoms with Crippen LogP contribution in [0.15, 0.2) is 77.1 Å². The number of methoxy groups -OCH3 is 1. The molecule has 4 aromatic rings. The van der Waals surface area contributed by atoms with E-state index in [0.29, 0.717) is 52.2 Å². The number of fused-ring (bicyclic) bond motifs is 1. The van der Waals surface area contributed by atoms with Crippen LogP contribution in [0.3, 0.4) is 0 Å². The standard InChI is InChI=1S/C26H21BN4O4S2/c1-34-21-5-2-18(3-6-21)17-31(26-29-10-13-36-26)37(32,33)22-7-9-24-25(15-22)35-12-11-30(24)23-8-4-20(27)14-19(23)16-28/h2-10,13-15H,11-12,17H2,1H3. The van der Waals surface area contributed by atoms with Gasteiger partial charge in [0, 0.05) is 17.6 Å². The zero-order valence-corrected chi connectivity index (χ0v) is 21.5. The van der Waals surface area contributed by atoms with Crippen molar-refractivity contribution in [3.63, 3.8) is 0 Å². The highest BCUT2D eigenvalue weighted by atomic mass is 32.2. The fraction of sp³-hybridized carbons (Fsp3) is 0.154. The summed E-state index contributed by atoms with van der Waals surface area (Å²) in [5.41, 5.74) is 3.06. The number of benzene rings is 3. The minimum atomic E-state index is -3.99. The molecule has 37 heavy (non-hydrogen) atoms. The van der Waals surface area contributed by atoms with Gasteiger partial charge in [0.1, 0.15) is 32.0 Å². The maximum atomic E-state index is 13.9. The molecule has 0 N–H and O–H groups in total. The molecule has 0 fully saturated rings. The lowest BCUT2D eigenvalue weighted by Gasteiger charge is -2.32. The van der Waals surface area contributed by atoms with Crippen LogP contribution in [0.1, 0.15) is 11.1 Å². The SMILES string of the molecule is [B]c1ccc(N2CCOc3cc(S(=O)(=O)N(Cc4ccc(OC)cc4)c4nccs4)ccc32)c(C#N)c1. The van der Waals surface area contributed by atoms with Gasteiger partial charge in [0.05, 0.1) is 42.0 Å². The number of nitrogens with zero attached hydrogens (tertiary/aromatic N) is 4. The van der Waals surface area contributed by atoms with Gasteiger partial charge in [0.15, 0.2) is 5.13 Å². The van der Waals surface area contributed by atoms with E-state index in [1.165, 1.54) is 21.7 Å². The zero-order chi connectivity index (χ0) is 26.0. The summed E-state index contributed by atoms with van der Waals surface area (Å²) in [6, 6.07) is 19.3. The number of anilines is 3. The van der Waals surface area contributed by atoms with E-state index in [2.05, 4.69) is 11.1 Å². The van der Waals surface area contributed by atoms with Gasteiger partial charge in [-0.3, -0.25) is 0 Å². The van der Waals surface area contributed by atoms with E-state index in [-0.39, 0.29) is 11.4 Å². The van der Waals surface area contributed by atoms with Crippen LogP contribution in [0.2, 0.25) is 0 Å². The van der Waals surface area contributed by atoms with Crippen molar-refractivity contribution < 1.29 is 17.9 Å². The normalized spacial score (nSPS) is 12.8. The second kappa shape index (κ2) is 10.2. The fourth-order valence-electron chi connectivity index (χ4n) is 4.11. The molecule has 11 heteroatoms. The van der Waals surface area contributed by atoms with E-state index in [4.69, 9.17) is 17.3 Å². The van der Waals surface area contributed by atoms with Gasteiger partial charge in [-0.25, -0.2) is 17.7 Å². The van der Waals surface area contributed by atoms with Crippen LogP contribution >= 0.6 is 11.3 Å². The van der Waals surface area contributed by atoms with Crippen molar-refractivity contribution in [1.82, 2.24) is 4.98 Å². The molecule has 3 aromatic carbocycles. The maximum absolute atomic E-state index is 13.9. The number of hydrogen-bond donors (Lipinski definition) is 0. The largest absolute Gasteiger partial charge is 0.497 e. The van der Waals surface area contributed by atoms with Gasteiger partial charge < -0.3 is 14.4 Å². The van der Waals surface area contributed by atoms with Crippen LogP contribution in [0.5, 0.6) is 11.5 Å². The third-order valence-electron chi connectivity index (χ3n) is 5.93. The molecule has 1 aromatic heterocycles. The van der Waals surface area contributed by atoms with E-state index in [0.717, 1.165) is 5.56 Å². The average molecular weight is 528 g/mol. The third kappa shape index (κ3) is 4.86. The van der Waals surface area contributed by atoms with Gasteiger partial charge in [-0.2, -0.15) is 5.26 Å². The molecule has 0 amide bonds. The van der Waals surface area contributed by atoms with Crippen molar-refractivity contribution in [3.8, 4) is 17.6 Å². The first kappa shape index (κ1) is 24.7. The van der Waals surface area contributed by atoms with Crippen LogP contribution in [0.4, 0.5) is 16.5 Å². The van der Waals surface area contributed by atoms with E-state index in [9.17, 15) is 13.7 Å². The molecule has 0 spiro atoms.